The van der Waals surface area contributed by atoms with Crippen molar-refractivity contribution in [3.05, 3.63) is 449 Å². The second kappa shape index (κ2) is 32.9. The average molecular weight is 1700 g/mol. The van der Waals surface area contributed by atoms with Gasteiger partial charge in [-0.25, -0.2) is 29.9 Å². The van der Waals surface area contributed by atoms with Gasteiger partial charge < -0.3 is 9.13 Å². The van der Waals surface area contributed by atoms with Crippen LogP contribution >= 0.6 is 22.7 Å². The standard InChI is InChI=1S/C62H39N5S.C56H35N5S/c1-6-19-40(20-7-1)44-35-45(41-21-8-2-9-22-41)37-46(36-44)47-38-54(62-65-60(42-23-10-3-11-24-42)64-61(66-62)43-25-12-4-13-26-43)56(63-39-47)53-31-18-30-51-52-34-33-50-49-29-16-17-32-55(49)67(48-27-14-5-15-28-48)57(50)59(52)68-58(51)53;1-5-17-36(18-6-1)39-23-15-24-40(31-39)41-32-47(56-59-54(37-19-7-2-8-20-37)58-55(60-56)38-21-9-3-10-22-38)53(57-35-41)44-28-16-30-50-52(44)46-33-49-45(34-51(46)62-50)43-27-13-14-29-48(43)61(49)42-25-11-4-12-26-42/h1-39H;1-35H. The topological polar surface area (TPSA) is 113 Å². The fourth-order valence-corrected chi connectivity index (χ4v) is 21.0. The van der Waals surface area contributed by atoms with Crippen molar-refractivity contribution < 1.29 is 0 Å². The number of benzene rings is 17. The summed E-state index contributed by atoms with van der Waals surface area (Å²) in [6, 6.07) is 154. The van der Waals surface area contributed by atoms with Crippen LogP contribution in [-0.4, -0.2) is 49.0 Å². The molecule has 0 aliphatic heterocycles. The van der Waals surface area contributed by atoms with E-state index in [1.165, 1.54) is 73.9 Å². The lowest BCUT2D eigenvalue weighted by Gasteiger charge is -2.15. The van der Waals surface area contributed by atoms with E-state index in [4.69, 9.17) is 39.9 Å². The van der Waals surface area contributed by atoms with Crippen LogP contribution in [0, 0.1) is 0 Å². The van der Waals surface area contributed by atoms with Gasteiger partial charge in [0.05, 0.1) is 38.2 Å². The Morgan fingerprint density at radius 3 is 1.05 bits per heavy atom. The van der Waals surface area contributed by atoms with Crippen molar-refractivity contribution in [3.8, 4) is 158 Å². The molecule has 0 saturated heterocycles. The van der Waals surface area contributed by atoms with E-state index in [0.29, 0.717) is 34.9 Å². The Balaban J connectivity index is 0.000000145. The molecule has 12 heteroatoms. The lowest BCUT2D eigenvalue weighted by Crippen LogP contribution is -2.02. The van der Waals surface area contributed by atoms with Gasteiger partial charge in [-0.2, -0.15) is 0 Å². The molecule has 0 N–H and O–H groups in total. The number of hydrogen-bond donors (Lipinski definition) is 0. The van der Waals surface area contributed by atoms with Crippen molar-refractivity contribution in [3.63, 3.8) is 0 Å². The maximum atomic E-state index is 5.49. The van der Waals surface area contributed by atoms with Crippen molar-refractivity contribution >= 4 is 107 Å². The Kier molecular flexibility index (Phi) is 19.4. The summed E-state index contributed by atoms with van der Waals surface area (Å²) < 4.78 is 9.61. The van der Waals surface area contributed by atoms with Crippen LogP contribution in [0.1, 0.15) is 0 Å². The van der Waals surface area contributed by atoms with E-state index in [0.717, 1.165) is 133 Å². The van der Waals surface area contributed by atoms with E-state index in [9.17, 15) is 0 Å². The first-order chi connectivity index (χ1) is 64.4. The molecule has 17 aromatic carbocycles. The minimum absolute atomic E-state index is 0.550. The van der Waals surface area contributed by atoms with Crippen LogP contribution in [0.25, 0.3) is 242 Å². The van der Waals surface area contributed by atoms with Gasteiger partial charge in [0.2, 0.25) is 0 Å². The minimum atomic E-state index is 0.550. The van der Waals surface area contributed by atoms with E-state index < -0.39 is 0 Å². The Labute approximate surface area is 757 Å². The molecular formula is C118H74N10S2. The highest BCUT2D eigenvalue weighted by atomic mass is 32.1. The van der Waals surface area contributed by atoms with Crippen LogP contribution in [0.5, 0.6) is 0 Å². The molecule has 0 fully saturated rings. The van der Waals surface area contributed by atoms with Gasteiger partial charge in [0.15, 0.2) is 34.9 Å². The molecule has 608 valence electrons. The predicted octanol–water partition coefficient (Wildman–Crippen LogP) is 31.1. The molecule has 0 radical (unpaired) electrons. The summed E-state index contributed by atoms with van der Waals surface area (Å²) in [7, 11) is 0. The smallest absolute Gasteiger partial charge is 0.166 e. The van der Waals surface area contributed by atoms with Crippen LogP contribution < -0.4 is 0 Å². The Hall–Kier alpha value is -16.9. The molecule has 130 heavy (non-hydrogen) atoms. The van der Waals surface area contributed by atoms with Gasteiger partial charge in [0.1, 0.15) is 0 Å². The van der Waals surface area contributed by atoms with E-state index in [-0.39, 0.29) is 0 Å². The molecule has 0 saturated carbocycles. The van der Waals surface area contributed by atoms with Crippen molar-refractivity contribution in [1.29, 1.82) is 0 Å². The molecular weight excluding hydrogens is 1620 g/mol. The lowest BCUT2D eigenvalue weighted by molar-refractivity contribution is 1.07. The first kappa shape index (κ1) is 76.7. The van der Waals surface area contributed by atoms with Gasteiger partial charge in [-0.15, -0.1) is 22.7 Å². The Morgan fingerprint density at radius 2 is 0.538 bits per heavy atom. The van der Waals surface area contributed by atoms with E-state index >= 15 is 0 Å². The minimum Gasteiger partial charge on any atom is -0.309 e. The largest absolute Gasteiger partial charge is 0.309 e. The van der Waals surface area contributed by atoms with Crippen molar-refractivity contribution in [2.24, 2.45) is 0 Å². The summed E-state index contributed by atoms with van der Waals surface area (Å²) in [6.07, 6.45) is 4.02. The van der Waals surface area contributed by atoms with Gasteiger partial charge in [0.25, 0.3) is 0 Å². The number of pyridine rings is 2. The van der Waals surface area contributed by atoms with E-state index in [2.05, 4.69) is 343 Å². The van der Waals surface area contributed by atoms with Crippen molar-refractivity contribution in [1.82, 2.24) is 49.0 Å². The molecule has 0 unspecified atom stereocenters. The molecule has 8 aromatic heterocycles. The maximum absolute atomic E-state index is 5.49. The molecule has 25 aromatic rings. The highest BCUT2D eigenvalue weighted by Crippen LogP contribution is 2.50. The van der Waals surface area contributed by atoms with Gasteiger partial charge in [-0.05, 0) is 136 Å². The van der Waals surface area contributed by atoms with Gasteiger partial charge in [-0.3, -0.25) is 9.97 Å². The monoisotopic (exact) mass is 1690 g/mol. The van der Waals surface area contributed by atoms with Crippen LogP contribution in [0.15, 0.2) is 449 Å². The van der Waals surface area contributed by atoms with Crippen molar-refractivity contribution in [2.75, 3.05) is 0 Å². The second-order valence-corrected chi connectivity index (χ2v) is 34.5. The predicted molar refractivity (Wildman–Crippen MR) is 540 cm³/mol. The number of rotatable bonds is 15. The van der Waals surface area contributed by atoms with Gasteiger partial charge in [0, 0.05) is 137 Å². The quantitative estimate of drug-likeness (QED) is 0.0997. The third kappa shape index (κ3) is 14.0. The molecule has 0 spiro atoms. The number of para-hydroxylation sites is 4. The molecule has 0 bridgehead atoms. The number of aromatic nitrogens is 10. The van der Waals surface area contributed by atoms with Crippen LogP contribution in [-0.2, 0) is 0 Å². The summed E-state index contributed by atoms with van der Waals surface area (Å²) in [5, 5.41) is 9.67. The number of nitrogens with zero attached hydrogens (tertiary/aromatic N) is 10. The third-order valence-corrected chi connectivity index (χ3v) is 26.9. The van der Waals surface area contributed by atoms with E-state index in [1.807, 2.05) is 138 Å². The zero-order valence-corrected chi connectivity index (χ0v) is 71.6. The zero-order valence-electron chi connectivity index (χ0n) is 70.0. The van der Waals surface area contributed by atoms with Crippen LogP contribution in [0.4, 0.5) is 0 Å². The van der Waals surface area contributed by atoms with Gasteiger partial charge >= 0.3 is 0 Å². The van der Waals surface area contributed by atoms with Crippen LogP contribution in [0.2, 0.25) is 0 Å². The Bertz CT molecular complexity index is 8450. The summed E-state index contributed by atoms with van der Waals surface area (Å²) in [4.78, 5) is 42.2. The Morgan fingerprint density at radius 1 is 0.185 bits per heavy atom. The molecule has 0 aliphatic carbocycles. The molecule has 0 atom stereocenters. The first-order valence-corrected chi connectivity index (χ1v) is 45.1. The second-order valence-electron chi connectivity index (χ2n) is 32.4. The highest BCUT2D eigenvalue weighted by Gasteiger charge is 2.27. The van der Waals surface area contributed by atoms with Crippen molar-refractivity contribution in [2.45, 2.75) is 0 Å². The molecule has 10 nitrogen and oxygen atoms in total. The normalized spacial score (nSPS) is 11.5. The maximum Gasteiger partial charge on any atom is 0.166 e. The number of fused-ring (bicyclic) bond motifs is 13. The summed E-state index contributed by atoms with van der Waals surface area (Å²) in [5.41, 5.74) is 26.8. The fraction of sp³-hybridized carbons (Fsp3) is 0. The summed E-state index contributed by atoms with van der Waals surface area (Å²) in [6.45, 7) is 0. The third-order valence-electron chi connectivity index (χ3n) is 24.6. The van der Waals surface area contributed by atoms with Crippen LogP contribution in [0.3, 0.4) is 0 Å². The van der Waals surface area contributed by atoms with Gasteiger partial charge in [-0.1, -0.05) is 346 Å². The molecule has 0 amide bonds. The first-order valence-electron chi connectivity index (χ1n) is 43.5. The summed E-state index contributed by atoms with van der Waals surface area (Å²) >= 11 is 3.65. The molecule has 8 heterocycles. The fourth-order valence-electron chi connectivity index (χ4n) is 18.4. The number of hydrogen-bond acceptors (Lipinski definition) is 10. The zero-order chi connectivity index (χ0) is 86.0. The van der Waals surface area contributed by atoms with E-state index in [1.54, 1.807) is 0 Å². The number of thiophene rings is 2. The lowest BCUT2D eigenvalue weighted by atomic mass is 9.92. The summed E-state index contributed by atoms with van der Waals surface area (Å²) in [5.74, 6) is 3.51. The molecule has 0 aliphatic rings. The average Bonchev–Trinajstić information content (AvgIpc) is 1.55. The molecule has 25 rings (SSSR count). The SMILES string of the molecule is c1ccc(-c2cc(-c3ccccc3)cc(-c3cnc(-c4cccc5c4sc4c5ccc5c6ccccc6n(-c6ccccc6)c54)c(-c4nc(-c5ccccc5)nc(-c5ccccc5)n4)c3)c2)cc1.c1ccc(-c2cccc(-c3cnc(-c4cccc5sc6cc7c8ccccc8n(-c8ccccc8)c7cc6c45)c(-c4nc(-c5ccccc5)nc(-c5ccccc5)n4)c3)c2)cc1. The highest BCUT2D eigenvalue weighted by molar-refractivity contribution is 7.27.